The van der Waals surface area contributed by atoms with Crippen LogP contribution in [0, 0.1) is 46.3 Å². The summed E-state index contributed by atoms with van der Waals surface area (Å²) in [6.45, 7) is 11.7. The molecule has 0 unspecified atom stereocenters. The van der Waals surface area contributed by atoms with E-state index in [0.29, 0.717) is 36.4 Å². The average molecular weight is 606 g/mol. The van der Waals surface area contributed by atoms with E-state index in [1.165, 1.54) is 32.6 Å². The highest BCUT2D eigenvalue weighted by molar-refractivity contribution is 5.75. The van der Waals surface area contributed by atoms with E-state index in [1.54, 1.807) is 5.57 Å². The van der Waals surface area contributed by atoms with Gasteiger partial charge in [-0.05, 0) is 110 Å². The molecular weight excluding hydrogens is 550 g/mol. The van der Waals surface area contributed by atoms with Crippen LogP contribution >= 0.6 is 0 Å². The molecule has 1 aromatic carbocycles. The summed E-state index contributed by atoms with van der Waals surface area (Å²) in [6.07, 6.45) is 13.8. The second-order valence-electron chi connectivity index (χ2n) is 15.7. The van der Waals surface area contributed by atoms with Crippen molar-refractivity contribution in [3.05, 3.63) is 47.5 Å². The Kier molecular flexibility index (Phi) is 9.07. The monoisotopic (exact) mass is 605 g/mol. The van der Waals surface area contributed by atoms with Crippen molar-refractivity contribution in [2.24, 2.45) is 52.1 Å². The summed E-state index contributed by atoms with van der Waals surface area (Å²) >= 11 is 0. The van der Waals surface area contributed by atoms with Gasteiger partial charge in [0.05, 0.1) is 18.8 Å². The third-order valence-electron chi connectivity index (χ3n) is 13.0. The van der Waals surface area contributed by atoms with Gasteiger partial charge < -0.3 is 19.9 Å². The van der Waals surface area contributed by atoms with Crippen molar-refractivity contribution in [2.45, 2.75) is 123 Å². The third kappa shape index (κ3) is 5.90. The standard InChI is InChI=1S/C38H55NO5/c1-23(22-42-36(41)32(39)19-26-9-7-6-8-10-26)11-14-33-24(2)35-34(44-33)21-31-29-13-12-27-20-28(43-25(3)40)15-17-37(27,4)30(29)16-18-38(31,35)5/h6-10,12,23-24,28-35H,11,13-22,39H2,1-5H3/t23-,24-,28+,29-,30+,31+,32+,33-,34+,35+,37+,38+/m1/s1. The normalized spacial score (nSPS) is 40.5. The van der Waals surface area contributed by atoms with Crippen molar-refractivity contribution in [2.75, 3.05) is 6.61 Å². The van der Waals surface area contributed by atoms with Crippen LogP contribution in [0.3, 0.4) is 0 Å². The van der Waals surface area contributed by atoms with E-state index in [-0.39, 0.29) is 35.5 Å². The molecule has 0 radical (unpaired) electrons. The van der Waals surface area contributed by atoms with Crippen molar-refractivity contribution in [3.8, 4) is 0 Å². The zero-order chi connectivity index (χ0) is 31.2. The molecule has 0 amide bonds. The Hall–Kier alpha value is -2.18. The number of hydrogen-bond acceptors (Lipinski definition) is 6. The van der Waals surface area contributed by atoms with Gasteiger partial charge in [-0.15, -0.1) is 0 Å². The predicted octanol–water partition coefficient (Wildman–Crippen LogP) is 7.04. The Bertz CT molecular complexity index is 1230. The van der Waals surface area contributed by atoms with Crippen LogP contribution < -0.4 is 5.73 Å². The van der Waals surface area contributed by atoms with Crippen molar-refractivity contribution in [1.29, 1.82) is 0 Å². The van der Waals surface area contributed by atoms with Crippen LogP contribution in [0.25, 0.3) is 0 Å². The minimum absolute atomic E-state index is 0.0567. The summed E-state index contributed by atoms with van der Waals surface area (Å²) in [6, 6.07) is 9.24. The Morgan fingerprint density at radius 3 is 2.64 bits per heavy atom. The fraction of sp³-hybridized carbons (Fsp3) is 0.737. The highest BCUT2D eigenvalue weighted by Gasteiger charge is 2.65. The van der Waals surface area contributed by atoms with Crippen LogP contribution in [-0.2, 0) is 30.2 Å². The lowest BCUT2D eigenvalue weighted by atomic mass is 9.47. The molecular formula is C38H55NO5. The zero-order valence-corrected chi connectivity index (χ0v) is 27.6. The first-order valence-corrected chi connectivity index (χ1v) is 17.5. The summed E-state index contributed by atoms with van der Waals surface area (Å²) < 4.78 is 18.2. The number of ether oxygens (including phenoxy) is 3. The number of fused-ring (bicyclic) bond motifs is 7. The minimum atomic E-state index is -0.629. The smallest absolute Gasteiger partial charge is 0.323 e. The fourth-order valence-electron chi connectivity index (χ4n) is 10.8. The van der Waals surface area contributed by atoms with Crippen LogP contribution in [0.4, 0.5) is 0 Å². The lowest BCUT2D eigenvalue weighted by Crippen LogP contribution is -2.51. The van der Waals surface area contributed by atoms with E-state index in [1.807, 2.05) is 30.3 Å². The molecule has 1 aliphatic heterocycles. The van der Waals surface area contributed by atoms with Crippen LogP contribution in [0.2, 0.25) is 0 Å². The number of allylic oxidation sites excluding steroid dienone is 1. The van der Waals surface area contributed by atoms with Crippen LogP contribution in [-0.4, -0.2) is 42.9 Å². The van der Waals surface area contributed by atoms with E-state index in [4.69, 9.17) is 19.9 Å². The van der Waals surface area contributed by atoms with Crippen molar-refractivity contribution >= 4 is 11.9 Å². The summed E-state index contributed by atoms with van der Waals surface area (Å²) in [5, 5.41) is 0. The molecule has 4 aliphatic carbocycles. The first-order chi connectivity index (χ1) is 21.0. The molecule has 242 valence electrons. The van der Waals surface area contributed by atoms with E-state index in [0.717, 1.165) is 55.4 Å². The molecule has 6 rings (SSSR count). The van der Waals surface area contributed by atoms with Gasteiger partial charge in [0.25, 0.3) is 0 Å². The number of hydrogen-bond donors (Lipinski definition) is 1. The second-order valence-corrected chi connectivity index (χ2v) is 15.7. The lowest BCUT2D eigenvalue weighted by Gasteiger charge is -2.58. The highest BCUT2D eigenvalue weighted by Crippen LogP contribution is 2.69. The molecule has 0 bridgehead atoms. The second kappa shape index (κ2) is 12.5. The third-order valence-corrected chi connectivity index (χ3v) is 13.0. The molecule has 4 fully saturated rings. The van der Waals surface area contributed by atoms with Gasteiger partial charge in [0.2, 0.25) is 0 Å². The number of benzene rings is 1. The maximum Gasteiger partial charge on any atom is 0.323 e. The summed E-state index contributed by atoms with van der Waals surface area (Å²) in [7, 11) is 0. The van der Waals surface area contributed by atoms with Gasteiger partial charge in [0.1, 0.15) is 12.1 Å². The number of nitrogens with two attached hydrogens (primary N) is 1. The van der Waals surface area contributed by atoms with Gasteiger partial charge in [0.15, 0.2) is 0 Å². The van der Waals surface area contributed by atoms with E-state index in [9.17, 15) is 9.59 Å². The van der Waals surface area contributed by atoms with Gasteiger partial charge in [-0.1, -0.05) is 69.7 Å². The van der Waals surface area contributed by atoms with Gasteiger partial charge in [-0.3, -0.25) is 9.59 Å². The molecule has 44 heavy (non-hydrogen) atoms. The molecule has 1 heterocycles. The van der Waals surface area contributed by atoms with Crippen LogP contribution in [0.5, 0.6) is 0 Å². The maximum atomic E-state index is 12.5. The Morgan fingerprint density at radius 1 is 1.11 bits per heavy atom. The molecule has 6 heteroatoms. The number of esters is 2. The molecule has 0 spiro atoms. The van der Waals surface area contributed by atoms with Crippen LogP contribution in [0.1, 0.15) is 98.0 Å². The maximum absolute atomic E-state index is 12.5. The van der Waals surface area contributed by atoms with Crippen molar-refractivity contribution in [1.82, 2.24) is 0 Å². The Balaban J connectivity index is 1.01. The van der Waals surface area contributed by atoms with Crippen molar-refractivity contribution < 1.29 is 23.8 Å². The van der Waals surface area contributed by atoms with Gasteiger partial charge in [0, 0.05) is 13.3 Å². The molecule has 1 aromatic rings. The number of carbonyl (C=O) groups excluding carboxylic acids is 2. The van der Waals surface area contributed by atoms with E-state index in [2.05, 4.69) is 33.8 Å². The van der Waals surface area contributed by atoms with Crippen LogP contribution in [0.15, 0.2) is 42.0 Å². The first-order valence-electron chi connectivity index (χ1n) is 17.5. The molecule has 0 aromatic heterocycles. The largest absolute Gasteiger partial charge is 0.464 e. The van der Waals surface area contributed by atoms with E-state index < -0.39 is 6.04 Å². The predicted molar refractivity (Wildman–Crippen MR) is 171 cm³/mol. The summed E-state index contributed by atoms with van der Waals surface area (Å²) in [5.41, 5.74) is 9.33. The highest BCUT2D eigenvalue weighted by atomic mass is 16.5. The Morgan fingerprint density at radius 2 is 1.89 bits per heavy atom. The molecule has 6 nitrogen and oxygen atoms in total. The molecule has 5 aliphatic rings. The number of carbonyl (C=O) groups is 2. The minimum Gasteiger partial charge on any atom is -0.464 e. The topological polar surface area (TPSA) is 87.9 Å². The quantitative estimate of drug-likeness (QED) is 0.240. The fourth-order valence-corrected chi connectivity index (χ4v) is 10.8. The Labute approximate surface area is 264 Å². The van der Waals surface area contributed by atoms with Gasteiger partial charge in [-0.2, -0.15) is 0 Å². The van der Waals surface area contributed by atoms with Gasteiger partial charge >= 0.3 is 11.9 Å². The van der Waals surface area contributed by atoms with Gasteiger partial charge in [-0.25, -0.2) is 0 Å². The molecule has 2 N–H and O–H groups in total. The molecule has 12 atom stereocenters. The number of rotatable bonds is 9. The SMILES string of the molecule is CC(=O)O[C@H]1CC[C@@]2(C)C(=CC[C@H]3[C@@H]4C[C@@H]5O[C@H](CC[C@@H](C)COC(=O)[C@@H](N)Cc6ccccc6)[C@@H](C)[C@@H]5[C@@]4(C)CC[C@@H]32)C1. The average Bonchev–Trinajstić information content (AvgIpc) is 3.47. The summed E-state index contributed by atoms with van der Waals surface area (Å²) in [4.78, 5) is 24.1. The summed E-state index contributed by atoms with van der Waals surface area (Å²) in [5.74, 6) is 3.17. The first kappa shape index (κ1) is 31.8. The molecule has 1 saturated heterocycles. The zero-order valence-electron chi connectivity index (χ0n) is 27.6. The van der Waals surface area contributed by atoms with E-state index >= 15 is 0 Å². The van der Waals surface area contributed by atoms with Crippen molar-refractivity contribution in [3.63, 3.8) is 0 Å². The lowest BCUT2D eigenvalue weighted by molar-refractivity contribution is -0.149. The molecule has 3 saturated carbocycles.